The molecule has 0 aliphatic carbocycles. The van der Waals surface area contributed by atoms with Crippen LogP contribution in [0.2, 0.25) is 0 Å². The summed E-state index contributed by atoms with van der Waals surface area (Å²) in [4.78, 5) is 8.01. The number of nitrogens with zero attached hydrogens (tertiary/aromatic N) is 3. The highest BCUT2D eigenvalue weighted by atomic mass is 32.1. The van der Waals surface area contributed by atoms with E-state index in [2.05, 4.69) is 38.8 Å². The van der Waals surface area contributed by atoms with Crippen molar-refractivity contribution in [3.05, 3.63) is 52.3 Å². The molecule has 2 aromatic heterocycles. The number of oxazole rings is 1. The molecule has 3 aromatic rings. The Balaban J connectivity index is 1.53. The number of ether oxygens (including phenoxy) is 2. The highest BCUT2D eigenvalue weighted by molar-refractivity contribution is 7.10. The predicted molar refractivity (Wildman–Crippen MR) is 111 cm³/mol. The fourth-order valence-electron chi connectivity index (χ4n) is 3.34. The van der Waals surface area contributed by atoms with E-state index in [1.165, 1.54) is 4.88 Å². The van der Waals surface area contributed by atoms with Gasteiger partial charge in [-0.3, -0.25) is 4.90 Å². The Morgan fingerprint density at radius 1 is 1.28 bits per heavy atom. The van der Waals surface area contributed by atoms with Crippen LogP contribution < -0.4 is 10.1 Å². The van der Waals surface area contributed by atoms with Crippen molar-refractivity contribution >= 4 is 17.2 Å². The van der Waals surface area contributed by atoms with Crippen LogP contribution >= 0.6 is 11.3 Å². The van der Waals surface area contributed by atoms with Crippen molar-refractivity contribution in [3.8, 4) is 23.3 Å². The highest BCUT2D eigenvalue weighted by Crippen LogP contribution is 2.30. The number of hydrogen-bond acceptors (Lipinski definition) is 8. The van der Waals surface area contributed by atoms with E-state index in [4.69, 9.17) is 13.9 Å². The Bertz CT molecular complexity index is 957. The summed E-state index contributed by atoms with van der Waals surface area (Å²) >= 11 is 1.73. The molecule has 0 spiro atoms. The second-order valence-electron chi connectivity index (χ2n) is 6.60. The van der Waals surface area contributed by atoms with Gasteiger partial charge in [0.05, 0.1) is 26.4 Å². The number of nitriles is 1. The molecule has 150 valence electrons. The zero-order chi connectivity index (χ0) is 20.1. The molecule has 1 N–H and O–H groups in total. The van der Waals surface area contributed by atoms with E-state index in [0.29, 0.717) is 18.3 Å². The van der Waals surface area contributed by atoms with E-state index in [1.54, 1.807) is 18.4 Å². The van der Waals surface area contributed by atoms with Crippen LogP contribution in [0.3, 0.4) is 0 Å². The molecule has 1 aliphatic heterocycles. The highest BCUT2D eigenvalue weighted by Gasteiger charge is 2.24. The van der Waals surface area contributed by atoms with Gasteiger partial charge in [-0.05, 0) is 35.7 Å². The van der Waals surface area contributed by atoms with Crippen LogP contribution in [0.15, 0.2) is 46.2 Å². The summed E-state index contributed by atoms with van der Waals surface area (Å²) in [6.07, 6.45) is 0. The fourth-order valence-corrected chi connectivity index (χ4v) is 4.20. The second-order valence-corrected chi connectivity index (χ2v) is 7.58. The van der Waals surface area contributed by atoms with Crippen molar-refractivity contribution in [3.63, 3.8) is 0 Å². The maximum atomic E-state index is 9.50. The van der Waals surface area contributed by atoms with Crippen molar-refractivity contribution in [2.45, 2.75) is 6.04 Å². The number of benzene rings is 1. The average molecular weight is 410 g/mol. The molecule has 0 unspecified atom stereocenters. The molecular formula is C21H22N4O3S. The van der Waals surface area contributed by atoms with Gasteiger partial charge in [-0.15, -0.1) is 11.3 Å². The number of morpholine rings is 1. The first-order chi connectivity index (χ1) is 14.3. The minimum atomic E-state index is 0.181. The van der Waals surface area contributed by atoms with Crippen LogP contribution in [0, 0.1) is 11.3 Å². The van der Waals surface area contributed by atoms with Crippen molar-refractivity contribution in [2.75, 3.05) is 45.3 Å². The lowest BCUT2D eigenvalue weighted by molar-refractivity contribution is 0.0193. The molecule has 29 heavy (non-hydrogen) atoms. The molecule has 1 aliphatic rings. The molecule has 1 saturated heterocycles. The van der Waals surface area contributed by atoms with Gasteiger partial charge in [0.2, 0.25) is 17.5 Å². The maximum Gasteiger partial charge on any atom is 0.232 e. The summed E-state index contributed by atoms with van der Waals surface area (Å²) in [6.45, 7) is 3.84. The molecule has 1 aromatic carbocycles. The van der Waals surface area contributed by atoms with Gasteiger partial charge in [0.25, 0.3) is 0 Å². The third-order valence-corrected chi connectivity index (χ3v) is 5.86. The summed E-state index contributed by atoms with van der Waals surface area (Å²) in [6, 6.07) is 13.9. The minimum Gasteiger partial charge on any atom is -0.497 e. The Hall–Kier alpha value is -2.86. The molecule has 1 atom stereocenters. The van der Waals surface area contributed by atoms with Gasteiger partial charge in [0.15, 0.2) is 0 Å². The summed E-state index contributed by atoms with van der Waals surface area (Å²) in [5, 5.41) is 14.9. The van der Waals surface area contributed by atoms with Gasteiger partial charge < -0.3 is 19.2 Å². The van der Waals surface area contributed by atoms with Gasteiger partial charge >= 0.3 is 0 Å². The van der Waals surface area contributed by atoms with E-state index in [-0.39, 0.29) is 11.7 Å². The number of rotatable bonds is 7. The first-order valence-electron chi connectivity index (χ1n) is 9.43. The first kappa shape index (κ1) is 19.5. The van der Waals surface area contributed by atoms with Gasteiger partial charge in [0.1, 0.15) is 11.8 Å². The Morgan fingerprint density at radius 3 is 2.72 bits per heavy atom. The number of anilines is 1. The number of methoxy groups -OCH3 is 1. The summed E-state index contributed by atoms with van der Waals surface area (Å²) in [7, 11) is 1.62. The SMILES string of the molecule is COc1ccc(-c2nc(C#N)c(NC[C@@H](c3cccs3)N3CCOCC3)o2)cc1. The molecule has 8 heteroatoms. The first-order valence-corrected chi connectivity index (χ1v) is 10.3. The van der Waals surface area contributed by atoms with Crippen LogP contribution in [-0.2, 0) is 4.74 Å². The van der Waals surface area contributed by atoms with E-state index >= 15 is 0 Å². The van der Waals surface area contributed by atoms with Crippen molar-refractivity contribution in [1.82, 2.24) is 9.88 Å². The standard InChI is InChI=1S/C21H22N4O3S/c1-26-16-6-4-15(5-7-16)20-24-17(13-22)21(28-20)23-14-18(19-3-2-12-29-19)25-8-10-27-11-9-25/h2-7,12,18,23H,8-11,14H2,1H3/t18-/m0/s1. The normalized spacial score (nSPS) is 15.6. The van der Waals surface area contributed by atoms with Crippen molar-refractivity contribution in [2.24, 2.45) is 0 Å². The van der Waals surface area contributed by atoms with Crippen LogP contribution in [0.25, 0.3) is 11.5 Å². The Morgan fingerprint density at radius 2 is 2.07 bits per heavy atom. The predicted octanol–water partition coefficient (Wildman–Crippen LogP) is 3.77. The quantitative estimate of drug-likeness (QED) is 0.635. The van der Waals surface area contributed by atoms with Gasteiger partial charge in [-0.2, -0.15) is 10.2 Å². The van der Waals surface area contributed by atoms with E-state index in [0.717, 1.165) is 37.6 Å². The van der Waals surface area contributed by atoms with Crippen LogP contribution in [0.5, 0.6) is 5.75 Å². The van der Waals surface area contributed by atoms with Crippen molar-refractivity contribution < 1.29 is 13.9 Å². The lowest BCUT2D eigenvalue weighted by Gasteiger charge is -2.34. The maximum absolute atomic E-state index is 9.50. The zero-order valence-corrected chi connectivity index (χ0v) is 16.9. The average Bonchev–Trinajstić information content (AvgIpc) is 3.45. The molecule has 0 bridgehead atoms. The van der Waals surface area contributed by atoms with Gasteiger partial charge in [-0.25, -0.2) is 0 Å². The third kappa shape index (κ3) is 4.43. The Labute approximate surface area is 173 Å². The number of nitrogens with one attached hydrogen (secondary N) is 1. The molecule has 3 heterocycles. The largest absolute Gasteiger partial charge is 0.497 e. The van der Waals surface area contributed by atoms with Crippen molar-refractivity contribution in [1.29, 1.82) is 5.26 Å². The van der Waals surface area contributed by atoms with Crippen LogP contribution in [0.1, 0.15) is 16.6 Å². The summed E-state index contributed by atoms with van der Waals surface area (Å²) < 4.78 is 16.6. The molecule has 0 radical (unpaired) electrons. The molecule has 7 nitrogen and oxygen atoms in total. The lowest BCUT2D eigenvalue weighted by Crippen LogP contribution is -2.41. The third-order valence-electron chi connectivity index (χ3n) is 4.88. The van der Waals surface area contributed by atoms with Gasteiger partial charge in [0, 0.05) is 30.1 Å². The monoisotopic (exact) mass is 410 g/mol. The Kier molecular flexibility index (Phi) is 6.10. The fraction of sp³-hybridized carbons (Fsp3) is 0.333. The molecule has 1 fully saturated rings. The number of thiophene rings is 1. The second kappa shape index (κ2) is 9.09. The van der Waals surface area contributed by atoms with E-state index < -0.39 is 0 Å². The van der Waals surface area contributed by atoms with E-state index in [9.17, 15) is 5.26 Å². The number of aromatic nitrogens is 1. The molecule has 4 rings (SSSR count). The van der Waals surface area contributed by atoms with Crippen LogP contribution in [-0.4, -0.2) is 49.8 Å². The lowest BCUT2D eigenvalue weighted by atomic mass is 10.2. The summed E-state index contributed by atoms with van der Waals surface area (Å²) in [5.74, 6) is 1.56. The zero-order valence-electron chi connectivity index (χ0n) is 16.1. The molecule has 0 saturated carbocycles. The summed E-state index contributed by atoms with van der Waals surface area (Å²) in [5.41, 5.74) is 1.04. The molecule has 0 amide bonds. The topological polar surface area (TPSA) is 83.5 Å². The minimum absolute atomic E-state index is 0.181. The van der Waals surface area contributed by atoms with Crippen LogP contribution in [0.4, 0.5) is 5.88 Å². The van der Waals surface area contributed by atoms with E-state index in [1.807, 2.05) is 24.3 Å². The number of hydrogen-bond donors (Lipinski definition) is 1. The smallest absolute Gasteiger partial charge is 0.232 e. The molecular weight excluding hydrogens is 388 g/mol. The van der Waals surface area contributed by atoms with Gasteiger partial charge in [-0.1, -0.05) is 6.07 Å².